The maximum absolute atomic E-state index is 5.94. The van der Waals surface area contributed by atoms with Crippen molar-refractivity contribution in [2.24, 2.45) is 11.7 Å². The summed E-state index contributed by atoms with van der Waals surface area (Å²) in [6, 6.07) is 10.7. The standard InChI is InChI=1S/C16H26N2O2/c1-19-9-10-20-8-7-18-12-15(11-17)16(13-18)14-5-3-2-4-6-14/h2-6,15-16H,7-13,17H2,1H3/t15-,16+/m1/s1. The maximum Gasteiger partial charge on any atom is 0.0700 e. The summed E-state index contributed by atoms with van der Waals surface area (Å²) < 4.78 is 10.5. The van der Waals surface area contributed by atoms with Crippen LogP contribution in [0, 0.1) is 5.92 Å². The van der Waals surface area contributed by atoms with E-state index in [4.69, 9.17) is 15.2 Å². The van der Waals surface area contributed by atoms with Crippen LogP contribution < -0.4 is 5.73 Å². The number of benzene rings is 1. The predicted octanol–water partition coefficient (Wildman–Crippen LogP) is 1.32. The van der Waals surface area contributed by atoms with Gasteiger partial charge in [-0.1, -0.05) is 30.3 Å². The minimum atomic E-state index is 0.552. The lowest BCUT2D eigenvalue weighted by molar-refractivity contribution is 0.0598. The number of hydrogen-bond donors (Lipinski definition) is 1. The third-order valence-electron chi connectivity index (χ3n) is 4.03. The molecule has 0 amide bonds. The first-order valence-electron chi connectivity index (χ1n) is 7.39. The minimum absolute atomic E-state index is 0.552. The van der Waals surface area contributed by atoms with E-state index in [9.17, 15) is 0 Å². The number of nitrogens with two attached hydrogens (primary N) is 1. The van der Waals surface area contributed by atoms with Gasteiger partial charge in [0.25, 0.3) is 0 Å². The highest BCUT2D eigenvalue weighted by Crippen LogP contribution is 2.31. The van der Waals surface area contributed by atoms with Crippen LogP contribution in [0.5, 0.6) is 0 Å². The SMILES string of the molecule is COCCOCCN1C[C@@H](CN)[C@H](c2ccccc2)C1. The van der Waals surface area contributed by atoms with Crippen molar-refractivity contribution in [2.45, 2.75) is 5.92 Å². The summed E-state index contributed by atoms with van der Waals surface area (Å²) in [7, 11) is 1.69. The molecule has 20 heavy (non-hydrogen) atoms. The Morgan fingerprint density at radius 1 is 1.15 bits per heavy atom. The Hall–Kier alpha value is -0.940. The molecule has 2 rings (SSSR count). The van der Waals surface area contributed by atoms with Gasteiger partial charge in [-0.25, -0.2) is 0 Å². The minimum Gasteiger partial charge on any atom is -0.382 e. The van der Waals surface area contributed by atoms with Crippen molar-refractivity contribution in [3.63, 3.8) is 0 Å². The van der Waals surface area contributed by atoms with Crippen molar-refractivity contribution in [1.82, 2.24) is 4.90 Å². The number of ether oxygens (including phenoxy) is 2. The highest BCUT2D eigenvalue weighted by Gasteiger charge is 2.32. The molecule has 112 valence electrons. The maximum atomic E-state index is 5.94. The van der Waals surface area contributed by atoms with E-state index in [0.717, 1.165) is 32.8 Å². The van der Waals surface area contributed by atoms with Crippen molar-refractivity contribution in [1.29, 1.82) is 0 Å². The van der Waals surface area contributed by atoms with E-state index in [0.29, 0.717) is 25.0 Å². The van der Waals surface area contributed by atoms with Gasteiger partial charge in [0.2, 0.25) is 0 Å². The average molecular weight is 278 g/mol. The second-order valence-corrected chi connectivity index (χ2v) is 5.38. The monoisotopic (exact) mass is 278 g/mol. The van der Waals surface area contributed by atoms with Crippen molar-refractivity contribution in [3.8, 4) is 0 Å². The molecule has 0 bridgehead atoms. The van der Waals surface area contributed by atoms with Crippen molar-refractivity contribution in [3.05, 3.63) is 35.9 Å². The van der Waals surface area contributed by atoms with Gasteiger partial charge in [0.1, 0.15) is 0 Å². The van der Waals surface area contributed by atoms with Gasteiger partial charge in [-0.3, -0.25) is 0 Å². The lowest BCUT2D eigenvalue weighted by Crippen LogP contribution is -2.27. The summed E-state index contributed by atoms with van der Waals surface area (Å²) in [5.74, 6) is 1.11. The van der Waals surface area contributed by atoms with Crippen LogP contribution in [0.1, 0.15) is 11.5 Å². The molecule has 1 fully saturated rings. The zero-order valence-electron chi connectivity index (χ0n) is 12.3. The summed E-state index contributed by atoms with van der Waals surface area (Å²) in [4.78, 5) is 2.46. The van der Waals surface area contributed by atoms with E-state index in [1.54, 1.807) is 7.11 Å². The summed E-state index contributed by atoms with van der Waals surface area (Å²) >= 11 is 0. The van der Waals surface area contributed by atoms with Crippen LogP contribution in [0.25, 0.3) is 0 Å². The molecule has 1 aromatic rings. The molecular weight excluding hydrogens is 252 g/mol. The van der Waals surface area contributed by atoms with Gasteiger partial charge in [0.05, 0.1) is 19.8 Å². The molecule has 1 aliphatic heterocycles. The van der Waals surface area contributed by atoms with E-state index < -0.39 is 0 Å². The Bertz CT molecular complexity index is 372. The average Bonchev–Trinajstić information content (AvgIpc) is 2.91. The largest absolute Gasteiger partial charge is 0.382 e. The molecule has 1 saturated heterocycles. The lowest BCUT2D eigenvalue weighted by Gasteiger charge is -2.16. The first kappa shape index (κ1) is 15.4. The Balaban J connectivity index is 1.80. The second kappa shape index (κ2) is 8.37. The van der Waals surface area contributed by atoms with Gasteiger partial charge in [-0.05, 0) is 18.0 Å². The Morgan fingerprint density at radius 2 is 1.95 bits per heavy atom. The molecule has 4 heteroatoms. The first-order chi connectivity index (χ1) is 9.85. The van der Waals surface area contributed by atoms with Crippen LogP contribution >= 0.6 is 0 Å². The van der Waals surface area contributed by atoms with Gasteiger partial charge in [-0.15, -0.1) is 0 Å². The molecule has 2 N–H and O–H groups in total. The van der Waals surface area contributed by atoms with E-state index in [1.165, 1.54) is 5.56 Å². The zero-order valence-corrected chi connectivity index (χ0v) is 12.3. The van der Waals surface area contributed by atoms with E-state index in [2.05, 4.69) is 35.2 Å². The third-order valence-corrected chi connectivity index (χ3v) is 4.03. The van der Waals surface area contributed by atoms with Crippen molar-refractivity contribution >= 4 is 0 Å². The fourth-order valence-corrected chi connectivity index (χ4v) is 2.90. The van der Waals surface area contributed by atoms with Crippen LogP contribution in [0.2, 0.25) is 0 Å². The van der Waals surface area contributed by atoms with Crippen LogP contribution in [0.3, 0.4) is 0 Å². The van der Waals surface area contributed by atoms with E-state index >= 15 is 0 Å². The Labute approximate surface area is 121 Å². The summed E-state index contributed by atoms with van der Waals surface area (Å²) in [6.45, 7) is 5.99. The van der Waals surface area contributed by atoms with Crippen LogP contribution in [-0.2, 0) is 9.47 Å². The molecule has 0 saturated carbocycles. The van der Waals surface area contributed by atoms with E-state index in [-0.39, 0.29) is 0 Å². The molecule has 0 aromatic heterocycles. The van der Waals surface area contributed by atoms with Crippen LogP contribution in [0.15, 0.2) is 30.3 Å². The number of likely N-dealkylation sites (tertiary alicyclic amines) is 1. The van der Waals surface area contributed by atoms with Crippen molar-refractivity contribution in [2.75, 3.05) is 53.1 Å². The molecule has 1 aliphatic rings. The van der Waals surface area contributed by atoms with Gasteiger partial charge in [-0.2, -0.15) is 0 Å². The third kappa shape index (κ3) is 4.28. The van der Waals surface area contributed by atoms with Crippen molar-refractivity contribution < 1.29 is 9.47 Å². The molecule has 2 atom stereocenters. The molecule has 0 spiro atoms. The summed E-state index contributed by atoms with van der Waals surface area (Å²) in [5.41, 5.74) is 7.35. The normalized spacial score (nSPS) is 23.3. The van der Waals surface area contributed by atoms with E-state index in [1.807, 2.05) is 0 Å². The first-order valence-corrected chi connectivity index (χ1v) is 7.39. The lowest BCUT2D eigenvalue weighted by atomic mass is 9.89. The molecular formula is C16H26N2O2. The van der Waals surface area contributed by atoms with Gasteiger partial charge in [0, 0.05) is 32.7 Å². The second-order valence-electron chi connectivity index (χ2n) is 5.38. The Kier molecular flexibility index (Phi) is 6.47. The summed E-state index contributed by atoms with van der Waals surface area (Å²) in [5, 5.41) is 0. The quantitative estimate of drug-likeness (QED) is 0.729. The predicted molar refractivity (Wildman–Crippen MR) is 80.9 cm³/mol. The smallest absolute Gasteiger partial charge is 0.0700 e. The molecule has 1 heterocycles. The van der Waals surface area contributed by atoms with Gasteiger partial charge in [0.15, 0.2) is 0 Å². The number of methoxy groups -OCH3 is 1. The fourth-order valence-electron chi connectivity index (χ4n) is 2.90. The summed E-state index contributed by atoms with van der Waals surface area (Å²) in [6.07, 6.45) is 0. The zero-order chi connectivity index (χ0) is 14.2. The molecule has 0 unspecified atom stereocenters. The molecule has 0 radical (unpaired) electrons. The number of hydrogen-bond acceptors (Lipinski definition) is 4. The highest BCUT2D eigenvalue weighted by atomic mass is 16.5. The van der Waals surface area contributed by atoms with Gasteiger partial charge >= 0.3 is 0 Å². The highest BCUT2D eigenvalue weighted by molar-refractivity contribution is 5.22. The fraction of sp³-hybridized carbons (Fsp3) is 0.625. The molecule has 1 aromatic carbocycles. The topological polar surface area (TPSA) is 47.7 Å². The molecule has 4 nitrogen and oxygen atoms in total. The Morgan fingerprint density at radius 3 is 2.65 bits per heavy atom. The molecule has 0 aliphatic carbocycles. The van der Waals surface area contributed by atoms with Crippen LogP contribution in [-0.4, -0.2) is 58.0 Å². The van der Waals surface area contributed by atoms with Gasteiger partial charge < -0.3 is 20.1 Å². The number of nitrogens with zero attached hydrogens (tertiary/aromatic N) is 1. The number of rotatable bonds is 8. The van der Waals surface area contributed by atoms with Crippen LogP contribution in [0.4, 0.5) is 0 Å².